The maximum absolute atomic E-state index is 14.2. The lowest BCUT2D eigenvalue weighted by molar-refractivity contribution is 0.0533. The highest BCUT2D eigenvalue weighted by Crippen LogP contribution is 2.27. The van der Waals surface area contributed by atoms with Crippen molar-refractivity contribution in [1.82, 2.24) is 29.9 Å². The molecule has 31 heavy (non-hydrogen) atoms. The van der Waals surface area contributed by atoms with Gasteiger partial charge in [0, 0.05) is 25.0 Å². The summed E-state index contributed by atoms with van der Waals surface area (Å²) in [6, 6.07) is 4.68. The van der Waals surface area contributed by atoms with E-state index in [9.17, 15) is 9.18 Å². The minimum absolute atomic E-state index is 0.115. The first-order chi connectivity index (χ1) is 14.9. The van der Waals surface area contributed by atoms with Crippen LogP contribution in [-0.2, 0) is 0 Å². The van der Waals surface area contributed by atoms with Crippen LogP contribution in [0.15, 0.2) is 36.8 Å². The molecule has 8 nitrogen and oxygen atoms in total. The Bertz CT molecular complexity index is 1080. The second-order valence-electron chi connectivity index (χ2n) is 7.69. The Morgan fingerprint density at radius 2 is 2.10 bits per heavy atom. The number of nitrogens with zero attached hydrogens (tertiary/aromatic N) is 6. The Morgan fingerprint density at radius 1 is 1.32 bits per heavy atom. The van der Waals surface area contributed by atoms with Crippen molar-refractivity contribution in [3.05, 3.63) is 59.0 Å². The predicted octanol–water partition coefficient (Wildman–Crippen LogP) is 3.51. The van der Waals surface area contributed by atoms with Gasteiger partial charge in [-0.2, -0.15) is 10.2 Å². The molecule has 162 valence electrons. The Labute approximate surface area is 184 Å². The van der Waals surface area contributed by atoms with Gasteiger partial charge in [-0.05, 0) is 43.9 Å². The number of anilines is 1. The number of hydrogen-bond donors (Lipinski definition) is 1. The van der Waals surface area contributed by atoms with Crippen molar-refractivity contribution in [3.63, 3.8) is 0 Å². The van der Waals surface area contributed by atoms with Crippen molar-refractivity contribution in [2.75, 3.05) is 18.4 Å². The van der Waals surface area contributed by atoms with E-state index in [0.717, 1.165) is 18.5 Å². The maximum Gasteiger partial charge on any atom is 0.275 e. The molecule has 1 saturated heterocycles. The molecule has 0 aromatic carbocycles. The predicted molar refractivity (Wildman–Crippen MR) is 115 cm³/mol. The second-order valence-corrected chi connectivity index (χ2v) is 8.13. The van der Waals surface area contributed by atoms with Crippen molar-refractivity contribution in [2.45, 2.75) is 32.7 Å². The van der Waals surface area contributed by atoms with Crippen LogP contribution in [0, 0.1) is 18.7 Å². The number of pyridine rings is 2. The first-order valence-corrected chi connectivity index (χ1v) is 10.5. The summed E-state index contributed by atoms with van der Waals surface area (Å²) >= 11 is 5.79. The third-order valence-corrected chi connectivity index (χ3v) is 5.72. The largest absolute Gasteiger partial charge is 0.366 e. The van der Waals surface area contributed by atoms with E-state index in [2.05, 4.69) is 32.4 Å². The quantitative estimate of drug-likeness (QED) is 0.649. The fraction of sp³-hybridized carbons (Fsp3) is 0.381. The molecular weight excluding hydrogens is 421 g/mol. The zero-order chi connectivity index (χ0) is 22.0. The Kier molecular flexibility index (Phi) is 6.13. The molecule has 0 bridgehead atoms. The van der Waals surface area contributed by atoms with E-state index < -0.39 is 5.82 Å². The van der Waals surface area contributed by atoms with Crippen LogP contribution in [0.5, 0.6) is 0 Å². The van der Waals surface area contributed by atoms with Crippen molar-refractivity contribution >= 4 is 23.3 Å². The lowest BCUT2D eigenvalue weighted by atomic mass is 9.90. The highest BCUT2D eigenvalue weighted by atomic mass is 35.5. The molecule has 1 N–H and O–H groups in total. The molecule has 0 aliphatic carbocycles. The lowest BCUT2D eigenvalue weighted by Crippen LogP contribution is -2.51. The van der Waals surface area contributed by atoms with Crippen molar-refractivity contribution in [2.24, 2.45) is 5.92 Å². The fourth-order valence-corrected chi connectivity index (χ4v) is 4.05. The van der Waals surface area contributed by atoms with Gasteiger partial charge >= 0.3 is 0 Å². The van der Waals surface area contributed by atoms with Gasteiger partial charge < -0.3 is 10.2 Å². The number of nitrogens with one attached hydrogen (secondary N) is 1. The summed E-state index contributed by atoms with van der Waals surface area (Å²) in [6.45, 7) is 4.88. The third kappa shape index (κ3) is 4.51. The van der Waals surface area contributed by atoms with Crippen LogP contribution >= 0.6 is 11.6 Å². The topological polar surface area (TPSA) is 88.8 Å². The number of aromatic nitrogens is 5. The summed E-state index contributed by atoms with van der Waals surface area (Å²) in [7, 11) is 0. The standard InChI is InChI=1S/C21H23ClFN7O/c1-13-4-3-9-29(18(13)12-25-20-16(23)10-15(22)11-24-20)21(31)19-17(6-5-14(2)28-19)30-26-7-8-27-30/h5-8,10-11,13,18H,3-4,9,12H2,1-2H3,(H,24,25)/t13?,18-/m1/s1. The number of piperidine rings is 1. The van der Waals surface area contributed by atoms with Crippen LogP contribution in [0.2, 0.25) is 5.02 Å². The number of halogens is 2. The molecule has 1 aliphatic rings. The molecule has 1 fully saturated rings. The van der Waals surface area contributed by atoms with Gasteiger partial charge in [-0.3, -0.25) is 4.79 Å². The van der Waals surface area contributed by atoms with Gasteiger partial charge in [0.25, 0.3) is 5.91 Å². The van der Waals surface area contributed by atoms with Gasteiger partial charge in [0.15, 0.2) is 17.3 Å². The van der Waals surface area contributed by atoms with Gasteiger partial charge in [-0.25, -0.2) is 14.4 Å². The summed E-state index contributed by atoms with van der Waals surface area (Å²) in [5.41, 5.74) is 1.55. The fourth-order valence-electron chi connectivity index (χ4n) is 3.90. The molecule has 1 unspecified atom stereocenters. The summed E-state index contributed by atoms with van der Waals surface area (Å²) in [5.74, 6) is -0.388. The monoisotopic (exact) mass is 443 g/mol. The zero-order valence-electron chi connectivity index (χ0n) is 17.3. The van der Waals surface area contributed by atoms with Gasteiger partial charge in [0.2, 0.25) is 0 Å². The van der Waals surface area contributed by atoms with Gasteiger partial charge in [-0.1, -0.05) is 18.5 Å². The SMILES string of the molecule is Cc1ccc(-n2nccn2)c(C(=O)N2CCCC(C)[C@H]2CNc2ncc(Cl)cc2F)n1. The molecule has 10 heteroatoms. The summed E-state index contributed by atoms with van der Waals surface area (Å²) < 4.78 is 14.2. The minimum Gasteiger partial charge on any atom is -0.366 e. The van der Waals surface area contributed by atoms with E-state index in [4.69, 9.17) is 11.6 Å². The molecule has 2 atom stereocenters. The van der Waals surface area contributed by atoms with Crippen LogP contribution in [0.1, 0.15) is 35.9 Å². The minimum atomic E-state index is -0.527. The van der Waals surface area contributed by atoms with Gasteiger partial charge in [-0.15, -0.1) is 4.80 Å². The number of hydrogen-bond acceptors (Lipinski definition) is 6. The number of likely N-dealkylation sites (tertiary alicyclic amines) is 1. The molecule has 1 aliphatic heterocycles. The smallest absolute Gasteiger partial charge is 0.275 e. The molecular formula is C21H23ClFN7O. The van der Waals surface area contributed by atoms with Crippen LogP contribution in [-0.4, -0.2) is 54.9 Å². The number of aryl methyl sites for hydroxylation is 1. The number of carbonyl (C=O) groups excluding carboxylic acids is 1. The van der Waals surface area contributed by atoms with Crippen LogP contribution in [0.3, 0.4) is 0 Å². The van der Waals surface area contributed by atoms with Crippen molar-refractivity contribution in [1.29, 1.82) is 0 Å². The number of carbonyl (C=O) groups is 1. The third-order valence-electron chi connectivity index (χ3n) is 5.51. The summed E-state index contributed by atoms with van der Waals surface area (Å²) in [4.78, 5) is 25.3. The molecule has 0 saturated carbocycles. The van der Waals surface area contributed by atoms with Crippen molar-refractivity contribution in [3.8, 4) is 5.69 Å². The van der Waals surface area contributed by atoms with E-state index in [1.165, 1.54) is 17.1 Å². The molecule has 1 amide bonds. The molecule has 4 rings (SSSR count). The summed E-state index contributed by atoms with van der Waals surface area (Å²) in [6.07, 6.45) is 6.36. The molecule has 3 aromatic heterocycles. The normalized spacial score (nSPS) is 18.8. The van der Waals surface area contributed by atoms with E-state index in [0.29, 0.717) is 24.5 Å². The Balaban J connectivity index is 1.61. The maximum atomic E-state index is 14.2. The second kappa shape index (κ2) is 8.97. The average Bonchev–Trinajstić information content (AvgIpc) is 3.28. The Hall–Kier alpha value is -3.07. The van der Waals surface area contributed by atoms with E-state index in [1.807, 2.05) is 17.9 Å². The Morgan fingerprint density at radius 3 is 2.84 bits per heavy atom. The van der Waals surface area contributed by atoms with E-state index in [-0.39, 0.29) is 28.7 Å². The average molecular weight is 444 g/mol. The first-order valence-electron chi connectivity index (χ1n) is 10.1. The molecule has 0 radical (unpaired) electrons. The van der Waals surface area contributed by atoms with Gasteiger partial charge in [0.1, 0.15) is 5.69 Å². The van der Waals surface area contributed by atoms with E-state index >= 15 is 0 Å². The highest BCUT2D eigenvalue weighted by Gasteiger charge is 2.34. The lowest BCUT2D eigenvalue weighted by Gasteiger charge is -2.40. The van der Waals surface area contributed by atoms with Gasteiger partial charge in [0.05, 0.1) is 23.5 Å². The highest BCUT2D eigenvalue weighted by molar-refractivity contribution is 6.30. The molecule has 0 spiro atoms. The summed E-state index contributed by atoms with van der Waals surface area (Å²) in [5, 5.41) is 11.6. The number of rotatable bonds is 5. The van der Waals surface area contributed by atoms with E-state index in [1.54, 1.807) is 18.5 Å². The number of amides is 1. The van der Waals surface area contributed by atoms with Crippen LogP contribution in [0.4, 0.5) is 10.2 Å². The molecule has 3 aromatic rings. The first kappa shape index (κ1) is 21.2. The van der Waals surface area contributed by atoms with Crippen molar-refractivity contribution < 1.29 is 9.18 Å². The molecule has 4 heterocycles. The van der Waals surface area contributed by atoms with Crippen LogP contribution in [0.25, 0.3) is 5.69 Å². The zero-order valence-corrected chi connectivity index (χ0v) is 18.1. The van der Waals surface area contributed by atoms with Crippen LogP contribution < -0.4 is 5.32 Å².